The highest BCUT2D eigenvalue weighted by Gasteiger charge is 2.23. The third kappa shape index (κ3) is 4.58. The third-order valence-corrected chi connectivity index (χ3v) is 8.36. The quantitative estimate of drug-likeness (QED) is 0.460. The number of nitrogens with two attached hydrogens (primary N) is 1. The fourth-order valence-electron chi connectivity index (χ4n) is 3.77. The SMILES string of the molecule is N#Cc1c(NC(=O)CCSc2nc(N)c(C#N)c(-c3cccs3)c2C#N)sc2c1CCCC2. The first kappa shape index (κ1) is 22.8. The fraction of sp³-hybridized carbons (Fsp3) is 0.261. The van der Waals surface area contributed by atoms with Crippen molar-refractivity contribution in [3.63, 3.8) is 0 Å². The monoisotopic (exact) mass is 490 g/mol. The number of thiophene rings is 2. The van der Waals surface area contributed by atoms with Gasteiger partial charge in [0.05, 0.1) is 11.1 Å². The van der Waals surface area contributed by atoms with Crippen LogP contribution in [0.5, 0.6) is 0 Å². The van der Waals surface area contributed by atoms with Crippen LogP contribution in [0.3, 0.4) is 0 Å². The molecule has 0 saturated carbocycles. The molecule has 3 aromatic heterocycles. The molecule has 3 aromatic rings. The molecule has 4 rings (SSSR count). The Hall–Kier alpha value is -3.36. The highest BCUT2D eigenvalue weighted by atomic mass is 32.2. The Kier molecular flexibility index (Phi) is 6.96. The number of aryl methyl sites for hydroxylation is 1. The number of fused-ring (bicyclic) bond motifs is 1. The van der Waals surface area contributed by atoms with E-state index in [-0.39, 0.29) is 29.3 Å². The number of nitrogens with zero attached hydrogens (tertiary/aromatic N) is 4. The molecule has 3 heterocycles. The fourth-order valence-corrected chi connectivity index (χ4v) is 6.75. The van der Waals surface area contributed by atoms with Crippen LogP contribution < -0.4 is 11.1 Å². The number of anilines is 2. The van der Waals surface area contributed by atoms with E-state index < -0.39 is 0 Å². The number of hydrogen-bond acceptors (Lipinski definition) is 9. The summed E-state index contributed by atoms with van der Waals surface area (Å²) < 4.78 is 0. The molecule has 0 aromatic carbocycles. The van der Waals surface area contributed by atoms with Crippen molar-refractivity contribution in [1.29, 1.82) is 15.8 Å². The lowest BCUT2D eigenvalue weighted by Crippen LogP contribution is -2.12. The Labute approximate surface area is 203 Å². The van der Waals surface area contributed by atoms with Gasteiger partial charge < -0.3 is 11.1 Å². The molecular formula is C23H18N6OS3. The van der Waals surface area contributed by atoms with Crippen molar-refractivity contribution in [2.24, 2.45) is 0 Å². The molecule has 0 fully saturated rings. The number of nitriles is 3. The van der Waals surface area contributed by atoms with Crippen molar-refractivity contribution in [3.8, 4) is 28.6 Å². The van der Waals surface area contributed by atoms with Crippen LogP contribution >= 0.6 is 34.4 Å². The summed E-state index contributed by atoms with van der Waals surface area (Å²) in [6, 6.07) is 10.1. The van der Waals surface area contributed by atoms with E-state index in [2.05, 4.69) is 28.5 Å². The molecule has 33 heavy (non-hydrogen) atoms. The summed E-state index contributed by atoms with van der Waals surface area (Å²) in [5.41, 5.74) is 8.63. The summed E-state index contributed by atoms with van der Waals surface area (Å²) >= 11 is 4.16. The molecule has 1 aliphatic carbocycles. The average molecular weight is 491 g/mol. The number of amides is 1. The molecule has 0 aliphatic heterocycles. The lowest BCUT2D eigenvalue weighted by molar-refractivity contribution is -0.115. The number of nitrogens with one attached hydrogen (secondary N) is 1. The Balaban J connectivity index is 1.49. The minimum Gasteiger partial charge on any atom is -0.383 e. The second kappa shape index (κ2) is 10.1. The van der Waals surface area contributed by atoms with Gasteiger partial charge in [0, 0.05) is 27.5 Å². The van der Waals surface area contributed by atoms with E-state index >= 15 is 0 Å². The zero-order valence-electron chi connectivity index (χ0n) is 17.5. The van der Waals surface area contributed by atoms with Crippen LogP contribution in [0.4, 0.5) is 10.8 Å². The molecular weight excluding hydrogens is 472 g/mol. The summed E-state index contributed by atoms with van der Waals surface area (Å²) in [6.07, 6.45) is 4.19. The van der Waals surface area contributed by atoms with E-state index in [0.29, 0.717) is 26.9 Å². The summed E-state index contributed by atoms with van der Waals surface area (Å²) in [7, 11) is 0. The maximum atomic E-state index is 12.6. The van der Waals surface area contributed by atoms with Crippen LogP contribution in [-0.2, 0) is 17.6 Å². The molecule has 0 spiro atoms. The van der Waals surface area contributed by atoms with E-state index in [0.717, 1.165) is 36.1 Å². The first-order valence-electron chi connectivity index (χ1n) is 10.2. The van der Waals surface area contributed by atoms with Crippen LogP contribution in [0.15, 0.2) is 22.5 Å². The maximum Gasteiger partial charge on any atom is 0.225 e. The predicted octanol–water partition coefficient (Wildman–Crippen LogP) is 5.07. The summed E-state index contributed by atoms with van der Waals surface area (Å²) in [5, 5.41) is 34.7. The van der Waals surface area contributed by atoms with E-state index in [4.69, 9.17) is 5.73 Å². The van der Waals surface area contributed by atoms with E-state index in [1.165, 1.54) is 39.3 Å². The van der Waals surface area contributed by atoms with Crippen LogP contribution in [-0.4, -0.2) is 16.6 Å². The van der Waals surface area contributed by atoms with Crippen LogP contribution in [0.25, 0.3) is 10.4 Å². The van der Waals surface area contributed by atoms with Gasteiger partial charge in [-0.1, -0.05) is 6.07 Å². The third-order valence-electron chi connectivity index (χ3n) is 5.29. The summed E-state index contributed by atoms with van der Waals surface area (Å²) in [6.45, 7) is 0. The largest absolute Gasteiger partial charge is 0.383 e. The molecule has 164 valence electrons. The van der Waals surface area contributed by atoms with Gasteiger partial charge in [-0.15, -0.1) is 34.4 Å². The molecule has 3 N–H and O–H groups in total. The Morgan fingerprint density at radius 2 is 1.91 bits per heavy atom. The molecule has 1 amide bonds. The topological polar surface area (TPSA) is 139 Å². The van der Waals surface area contributed by atoms with Crippen molar-refractivity contribution in [1.82, 2.24) is 4.98 Å². The minimum atomic E-state index is -0.198. The van der Waals surface area contributed by atoms with Crippen molar-refractivity contribution < 1.29 is 4.79 Å². The lowest BCUT2D eigenvalue weighted by Gasteiger charge is -2.11. The van der Waals surface area contributed by atoms with Gasteiger partial charge in [0.1, 0.15) is 39.6 Å². The number of thioether (sulfide) groups is 1. The molecule has 7 nitrogen and oxygen atoms in total. The van der Waals surface area contributed by atoms with E-state index in [1.807, 2.05) is 17.5 Å². The van der Waals surface area contributed by atoms with Crippen LogP contribution in [0, 0.1) is 34.0 Å². The second-order valence-electron chi connectivity index (χ2n) is 7.30. The molecule has 0 radical (unpaired) electrons. The van der Waals surface area contributed by atoms with Crippen molar-refractivity contribution in [2.75, 3.05) is 16.8 Å². The van der Waals surface area contributed by atoms with Gasteiger partial charge in [-0.05, 0) is 42.7 Å². The molecule has 0 saturated heterocycles. The van der Waals surface area contributed by atoms with Crippen molar-refractivity contribution in [3.05, 3.63) is 44.6 Å². The first-order chi connectivity index (χ1) is 16.1. The number of carbonyl (C=O) groups is 1. The standard InChI is InChI=1S/C23H18N6OS3/c24-10-14-13-4-1-2-5-17(13)33-23(14)28-19(30)7-9-32-22-16(12-26)20(18-6-3-8-31-18)15(11-25)21(27)29-22/h3,6,8H,1-2,4-5,7,9H2,(H2,27,29)(H,28,30). The highest BCUT2D eigenvalue weighted by Crippen LogP contribution is 2.39. The number of carbonyl (C=O) groups excluding carboxylic acids is 1. The van der Waals surface area contributed by atoms with E-state index in [1.54, 1.807) is 0 Å². The molecule has 0 unspecified atom stereocenters. The second-order valence-corrected chi connectivity index (χ2v) is 10.4. The highest BCUT2D eigenvalue weighted by molar-refractivity contribution is 7.99. The smallest absolute Gasteiger partial charge is 0.225 e. The number of rotatable bonds is 6. The molecule has 0 atom stereocenters. The first-order valence-corrected chi connectivity index (χ1v) is 12.9. The predicted molar refractivity (Wildman–Crippen MR) is 131 cm³/mol. The zero-order chi connectivity index (χ0) is 23.4. The van der Waals surface area contributed by atoms with Gasteiger partial charge in [0.25, 0.3) is 0 Å². The van der Waals surface area contributed by atoms with Crippen LogP contribution in [0.1, 0.15) is 46.4 Å². The number of aromatic nitrogens is 1. The minimum absolute atomic E-state index is 0.0645. The molecule has 10 heteroatoms. The lowest BCUT2D eigenvalue weighted by atomic mass is 9.96. The Bertz CT molecular complexity index is 1340. The Morgan fingerprint density at radius 3 is 2.61 bits per heavy atom. The van der Waals surface area contributed by atoms with Gasteiger partial charge >= 0.3 is 0 Å². The average Bonchev–Trinajstić information content (AvgIpc) is 3.46. The maximum absolute atomic E-state index is 12.6. The van der Waals surface area contributed by atoms with Gasteiger partial charge in [-0.3, -0.25) is 4.79 Å². The van der Waals surface area contributed by atoms with Gasteiger partial charge in [0.15, 0.2) is 0 Å². The normalized spacial score (nSPS) is 12.3. The van der Waals surface area contributed by atoms with Crippen molar-refractivity contribution in [2.45, 2.75) is 37.1 Å². The van der Waals surface area contributed by atoms with Gasteiger partial charge in [-0.25, -0.2) is 4.98 Å². The Morgan fingerprint density at radius 1 is 1.15 bits per heavy atom. The zero-order valence-corrected chi connectivity index (χ0v) is 19.9. The molecule has 0 bridgehead atoms. The van der Waals surface area contributed by atoms with Crippen molar-refractivity contribution >= 4 is 51.2 Å². The summed E-state index contributed by atoms with van der Waals surface area (Å²) in [4.78, 5) is 18.8. The van der Waals surface area contributed by atoms with Crippen LogP contribution in [0.2, 0.25) is 0 Å². The van der Waals surface area contributed by atoms with Gasteiger partial charge in [0.2, 0.25) is 5.91 Å². The molecule has 1 aliphatic rings. The number of nitrogen functional groups attached to an aromatic ring is 1. The van der Waals surface area contributed by atoms with Gasteiger partial charge in [-0.2, -0.15) is 15.8 Å². The number of hydrogen-bond donors (Lipinski definition) is 2. The summed E-state index contributed by atoms with van der Waals surface area (Å²) in [5.74, 6) is 0.237. The number of pyridine rings is 1. The van der Waals surface area contributed by atoms with E-state index in [9.17, 15) is 20.6 Å².